The molecule has 2 aliphatic carbocycles. The number of likely N-dealkylation sites (N-methyl/N-ethyl adjacent to an activating group) is 1. The topological polar surface area (TPSA) is 15.3 Å². The number of piperidine rings is 1. The zero-order valence-electron chi connectivity index (χ0n) is 13.4. The molecule has 3 fully saturated rings. The first-order valence-corrected chi connectivity index (χ1v) is 9.33. The fourth-order valence-electron chi connectivity index (χ4n) is 5.27. The lowest BCUT2D eigenvalue weighted by Gasteiger charge is -2.50. The Labute approximate surface area is 125 Å². The molecule has 0 aromatic heterocycles. The number of nitrogens with one attached hydrogen (secondary N) is 1. The molecule has 0 spiro atoms. The third kappa shape index (κ3) is 3.22. The van der Waals surface area contributed by atoms with Crippen LogP contribution in [0, 0.1) is 5.92 Å². The minimum Gasteiger partial charge on any atom is -0.315 e. The Morgan fingerprint density at radius 2 is 1.35 bits per heavy atom. The van der Waals surface area contributed by atoms with E-state index in [0.717, 1.165) is 24.0 Å². The molecule has 3 aliphatic rings. The maximum absolute atomic E-state index is 3.67. The summed E-state index contributed by atoms with van der Waals surface area (Å²) in [6.07, 6.45) is 17.6. The molecule has 2 heteroatoms. The summed E-state index contributed by atoms with van der Waals surface area (Å²) in [7, 11) is 2.20. The summed E-state index contributed by atoms with van der Waals surface area (Å²) < 4.78 is 0. The number of fused-ring (bicyclic) bond motifs is 1. The van der Waals surface area contributed by atoms with Gasteiger partial charge in [-0.3, -0.25) is 4.90 Å². The first-order chi connectivity index (χ1) is 9.90. The van der Waals surface area contributed by atoms with Crippen LogP contribution in [-0.2, 0) is 0 Å². The van der Waals surface area contributed by atoms with Crippen molar-refractivity contribution >= 4 is 0 Å². The van der Waals surface area contributed by atoms with E-state index in [9.17, 15) is 0 Å². The highest BCUT2D eigenvalue weighted by molar-refractivity contribution is 4.94. The Hall–Kier alpha value is -0.0800. The molecular formula is C18H34N2. The molecule has 20 heavy (non-hydrogen) atoms. The van der Waals surface area contributed by atoms with E-state index in [2.05, 4.69) is 17.3 Å². The van der Waals surface area contributed by atoms with Gasteiger partial charge in [-0.25, -0.2) is 0 Å². The van der Waals surface area contributed by atoms with Crippen LogP contribution in [0.2, 0.25) is 0 Å². The van der Waals surface area contributed by atoms with Gasteiger partial charge in [-0.05, 0) is 58.0 Å². The maximum atomic E-state index is 3.67. The fraction of sp³-hybridized carbons (Fsp3) is 1.00. The molecule has 4 atom stereocenters. The van der Waals surface area contributed by atoms with Crippen molar-refractivity contribution in [1.82, 2.24) is 10.2 Å². The van der Waals surface area contributed by atoms with E-state index in [1.807, 2.05) is 0 Å². The van der Waals surface area contributed by atoms with Crippen LogP contribution in [0.25, 0.3) is 0 Å². The molecule has 0 radical (unpaired) electrons. The molecule has 1 N–H and O–H groups in total. The largest absolute Gasteiger partial charge is 0.315 e. The van der Waals surface area contributed by atoms with Crippen molar-refractivity contribution in [1.29, 1.82) is 0 Å². The zero-order chi connectivity index (χ0) is 13.8. The second kappa shape index (κ2) is 7.26. The summed E-state index contributed by atoms with van der Waals surface area (Å²) >= 11 is 0. The Morgan fingerprint density at radius 3 is 2.20 bits per heavy atom. The second-order valence-electron chi connectivity index (χ2n) is 7.45. The maximum Gasteiger partial charge on any atom is 0.0252 e. The van der Waals surface area contributed by atoms with E-state index in [-0.39, 0.29) is 0 Å². The average Bonchev–Trinajstić information content (AvgIpc) is 2.47. The van der Waals surface area contributed by atoms with Crippen molar-refractivity contribution in [2.24, 2.45) is 5.92 Å². The molecule has 3 rings (SSSR count). The van der Waals surface area contributed by atoms with Crippen LogP contribution in [0.3, 0.4) is 0 Å². The van der Waals surface area contributed by atoms with Crippen LogP contribution in [0.1, 0.15) is 77.0 Å². The minimum atomic E-state index is 0.746. The Balaban J connectivity index is 1.72. The van der Waals surface area contributed by atoms with Crippen molar-refractivity contribution in [3.8, 4) is 0 Å². The highest BCUT2D eigenvalue weighted by atomic mass is 15.2. The number of rotatable bonds is 2. The van der Waals surface area contributed by atoms with Crippen molar-refractivity contribution in [3.05, 3.63) is 0 Å². The van der Waals surface area contributed by atoms with E-state index in [1.165, 1.54) is 83.6 Å². The molecular weight excluding hydrogens is 244 g/mol. The van der Waals surface area contributed by atoms with E-state index in [4.69, 9.17) is 0 Å². The normalized spacial score (nSPS) is 40.6. The molecule has 0 bridgehead atoms. The molecule has 116 valence electrons. The Morgan fingerprint density at radius 1 is 0.700 bits per heavy atom. The van der Waals surface area contributed by atoms with Gasteiger partial charge >= 0.3 is 0 Å². The predicted octanol–water partition coefficient (Wildman–Crippen LogP) is 3.95. The van der Waals surface area contributed by atoms with Gasteiger partial charge in [0.05, 0.1) is 0 Å². The first-order valence-electron chi connectivity index (χ1n) is 9.33. The monoisotopic (exact) mass is 278 g/mol. The average molecular weight is 278 g/mol. The summed E-state index contributed by atoms with van der Waals surface area (Å²) in [5.74, 6) is 1.03. The number of hydrogen-bond acceptors (Lipinski definition) is 2. The fourth-order valence-corrected chi connectivity index (χ4v) is 5.27. The third-order valence-electron chi connectivity index (χ3n) is 6.31. The minimum absolute atomic E-state index is 0.746. The molecule has 2 saturated carbocycles. The predicted molar refractivity (Wildman–Crippen MR) is 86.0 cm³/mol. The lowest BCUT2D eigenvalue weighted by molar-refractivity contribution is 0.00612. The van der Waals surface area contributed by atoms with E-state index in [1.54, 1.807) is 0 Å². The van der Waals surface area contributed by atoms with Crippen LogP contribution in [0.5, 0.6) is 0 Å². The summed E-state index contributed by atoms with van der Waals surface area (Å²) in [5, 5.41) is 3.67. The molecule has 2 unspecified atom stereocenters. The van der Waals surface area contributed by atoms with Crippen LogP contribution < -0.4 is 5.32 Å². The van der Waals surface area contributed by atoms with Gasteiger partial charge in [-0.1, -0.05) is 38.5 Å². The number of nitrogens with zero attached hydrogens (tertiary/aromatic N) is 1. The Bertz CT molecular complexity index is 289. The van der Waals surface area contributed by atoms with Crippen LogP contribution in [-0.4, -0.2) is 36.6 Å². The summed E-state index contributed by atoms with van der Waals surface area (Å²) in [5.41, 5.74) is 0. The van der Waals surface area contributed by atoms with Gasteiger partial charge in [0, 0.05) is 18.1 Å². The van der Waals surface area contributed by atoms with Crippen LogP contribution >= 0.6 is 0 Å². The standard InChI is InChI=1S/C18H34N2/c1-19-16-11-4-2-3-5-13-18(16)20-14-8-10-15-9-6-7-12-17(15)20/h15-19H,2-14H2,1H3/t15-,16?,17-,18?/m1/s1. The first kappa shape index (κ1) is 14.8. The SMILES string of the molecule is CNC1CCCCCCC1N1CCC[C@H]2CCCC[C@H]21. The Kier molecular flexibility index (Phi) is 5.39. The van der Waals surface area contributed by atoms with Gasteiger partial charge in [-0.2, -0.15) is 0 Å². The molecule has 1 heterocycles. The highest BCUT2D eigenvalue weighted by Crippen LogP contribution is 2.38. The second-order valence-corrected chi connectivity index (χ2v) is 7.45. The lowest BCUT2D eigenvalue weighted by Crippen LogP contribution is -2.57. The quantitative estimate of drug-likeness (QED) is 0.822. The van der Waals surface area contributed by atoms with Crippen molar-refractivity contribution in [2.45, 2.75) is 95.2 Å². The van der Waals surface area contributed by atoms with Gasteiger partial charge in [0.15, 0.2) is 0 Å². The van der Waals surface area contributed by atoms with Gasteiger partial charge in [0.25, 0.3) is 0 Å². The third-order valence-corrected chi connectivity index (χ3v) is 6.31. The van der Waals surface area contributed by atoms with Crippen LogP contribution in [0.4, 0.5) is 0 Å². The van der Waals surface area contributed by atoms with E-state index >= 15 is 0 Å². The molecule has 0 aromatic rings. The number of hydrogen-bond donors (Lipinski definition) is 1. The zero-order valence-corrected chi connectivity index (χ0v) is 13.4. The van der Waals surface area contributed by atoms with Crippen LogP contribution in [0.15, 0.2) is 0 Å². The molecule has 1 saturated heterocycles. The smallest absolute Gasteiger partial charge is 0.0252 e. The molecule has 2 nitrogen and oxygen atoms in total. The highest BCUT2D eigenvalue weighted by Gasteiger charge is 2.38. The van der Waals surface area contributed by atoms with Crippen molar-refractivity contribution in [2.75, 3.05) is 13.6 Å². The van der Waals surface area contributed by atoms with Gasteiger partial charge in [-0.15, -0.1) is 0 Å². The summed E-state index contributed by atoms with van der Waals surface area (Å²) in [4.78, 5) is 2.97. The van der Waals surface area contributed by atoms with Gasteiger partial charge in [0.2, 0.25) is 0 Å². The summed E-state index contributed by atoms with van der Waals surface area (Å²) in [6, 6.07) is 2.50. The van der Waals surface area contributed by atoms with E-state index < -0.39 is 0 Å². The van der Waals surface area contributed by atoms with Crippen molar-refractivity contribution < 1.29 is 0 Å². The molecule has 0 amide bonds. The van der Waals surface area contributed by atoms with E-state index in [0.29, 0.717) is 0 Å². The molecule has 0 aromatic carbocycles. The molecule has 1 aliphatic heterocycles. The number of likely N-dealkylation sites (tertiary alicyclic amines) is 1. The van der Waals surface area contributed by atoms with Gasteiger partial charge in [0.1, 0.15) is 0 Å². The summed E-state index contributed by atoms with van der Waals surface area (Å²) in [6.45, 7) is 1.38. The van der Waals surface area contributed by atoms with Crippen molar-refractivity contribution in [3.63, 3.8) is 0 Å². The van der Waals surface area contributed by atoms with Gasteiger partial charge < -0.3 is 5.32 Å². The lowest BCUT2D eigenvalue weighted by atomic mass is 9.76.